The number of rotatable bonds is 4. The van der Waals surface area contributed by atoms with E-state index < -0.39 is 0 Å². The third-order valence-electron chi connectivity index (χ3n) is 3.62. The van der Waals surface area contributed by atoms with Crippen molar-refractivity contribution in [2.75, 3.05) is 0 Å². The monoisotopic (exact) mass is 283 g/mol. The number of hydrogen-bond donors (Lipinski definition) is 1. The van der Waals surface area contributed by atoms with Crippen LogP contribution in [0.25, 0.3) is 0 Å². The molecule has 0 radical (unpaired) electrons. The van der Waals surface area contributed by atoms with E-state index in [0.29, 0.717) is 6.61 Å². The summed E-state index contributed by atoms with van der Waals surface area (Å²) in [4.78, 5) is 0. The van der Waals surface area contributed by atoms with Gasteiger partial charge in [0.15, 0.2) is 0 Å². The van der Waals surface area contributed by atoms with Gasteiger partial charge in [-0.25, -0.2) is 0 Å². The number of benzene rings is 2. The Balaban J connectivity index is 2.07. The average molecular weight is 283 g/mol. The smallest absolute Gasteiger partial charge is 0.124 e. The fourth-order valence-electron chi connectivity index (χ4n) is 2.25. The van der Waals surface area contributed by atoms with Crippen molar-refractivity contribution in [2.24, 2.45) is 5.73 Å². The summed E-state index contributed by atoms with van der Waals surface area (Å²) in [5.41, 5.74) is 9.70. The fourth-order valence-corrected chi connectivity index (χ4v) is 2.25. The van der Waals surface area contributed by atoms with Gasteiger partial charge < -0.3 is 10.5 Å². The lowest BCUT2D eigenvalue weighted by molar-refractivity contribution is 0.301. The second-order valence-electron chi connectivity index (χ2n) is 6.56. The quantitative estimate of drug-likeness (QED) is 0.891. The van der Waals surface area contributed by atoms with Crippen molar-refractivity contribution in [2.45, 2.75) is 45.8 Å². The molecule has 0 bridgehead atoms. The molecule has 2 heteroatoms. The first-order valence-corrected chi connectivity index (χ1v) is 7.44. The van der Waals surface area contributed by atoms with Crippen LogP contribution in [0.1, 0.15) is 50.4 Å². The molecule has 0 unspecified atom stereocenters. The molecule has 0 saturated heterocycles. The first-order chi connectivity index (χ1) is 9.88. The minimum Gasteiger partial charge on any atom is -0.489 e. The van der Waals surface area contributed by atoms with Crippen LogP contribution in [0.4, 0.5) is 0 Å². The van der Waals surface area contributed by atoms with E-state index in [1.807, 2.05) is 31.2 Å². The summed E-state index contributed by atoms with van der Waals surface area (Å²) in [7, 11) is 0. The highest BCUT2D eigenvalue weighted by molar-refractivity contribution is 5.36. The van der Waals surface area contributed by atoms with Crippen LogP contribution in [0.2, 0.25) is 0 Å². The normalized spacial score (nSPS) is 13.0. The van der Waals surface area contributed by atoms with E-state index >= 15 is 0 Å². The number of hydrogen-bond acceptors (Lipinski definition) is 2. The number of ether oxygens (including phenoxy) is 1. The molecule has 0 saturated carbocycles. The van der Waals surface area contributed by atoms with Gasteiger partial charge in [-0.15, -0.1) is 0 Å². The van der Waals surface area contributed by atoms with Gasteiger partial charge in [-0.1, -0.05) is 63.2 Å². The molecule has 0 amide bonds. The van der Waals surface area contributed by atoms with E-state index in [0.717, 1.165) is 11.3 Å². The van der Waals surface area contributed by atoms with E-state index in [1.165, 1.54) is 11.1 Å². The topological polar surface area (TPSA) is 35.2 Å². The third kappa shape index (κ3) is 4.08. The molecule has 0 spiro atoms. The lowest BCUT2D eigenvalue weighted by Crippen LogP contribution is -2.11. The van der Waals surface area contributed by atoms with Crippen molar-refractivity contribution in [3.8, 4) is 5.75 Å². The number of para-hydroxylation sites is 1. The lowest BCUT2D eigenvalue weighted by Gasteiger charge is -2.19. The Morgan fingerprint density at radius 1 is 1.00 bits per heavy atom. The van der Waals surface area contributed by atoms with Gasteiger partial charge >= 0.3 is 0 Å². The highest BCUT2D eigenvalue weighted by Gasteiger charge is 2.13. The van der Waals surface area contributed by atoms with Gasteiger partial charge in [0.05, 0.1) is 0 Å². The molecular weight excluding hydrogens is 258 g/mol. The molecule has 2 N–H and O–H groups in total. The first kappa shape index (κ1) is 15.6. The van der Waals surface area contributed by atoms with Crippen molar-refractivity contribution in [3.63, 3.8) is 0 Å². The van der Waals surface area contributed by atoms with Crippen molar-refractivity contribution >= 4 is 0 Å². The summed E-state index contributed by atoms with van der Waals surface area (Å²) in [6, 6.07) is 16.6. The standard InChI is InChI=1S/C19H25NO/c1-14(20)17-7-5-6-8-18(17)21-13-15-9-11-16(12-10-15)19(2,3)4/h5-12,14H,13,20H2,1-4H3/t14-/m1/s1. The third-order valence-corrected chi connectivity index (χ3v) is 3.62. The Labute approximate surface area is 127 Å². The number of nitrogens with two attached hydrogens (primary N) is 1. The van der Waals surface area contributed by atoms with E-state index in [2.05, 4.69) is 45.0 Å². The molecule has 2 rings (SSSR count). The molecule has 2 aromatic carbocycles. The van der Waals surface area contributed by atoms with Crippen LogP contribution >= 0.6 is 0 Å². The lowest BCUT2D eigenvalue weighted by atomic mass is 9.87. The van der Waals surface area contributed by atoms with Crippen molar-refractivity contribution < 1.29 is 4.74 Å². The maximum absolute atomic E-state index is 5.97. The molecule has 0 aliphatic carbocycles. The Morgan fingerprint density at radius 2 is 1.62 bits per heavy atom. The van der Waals surface area contributed by atoms with Crippen LogP contribution < -0.4 is 10.5 Å². The predicted octanol–water partition coefficient (Wildman–Crippen LogP) is 4.58. The molecule has 2 nitrogen and oxygen atoms in total. The summed E-state index contributed by atoms with van der Waals surface area (Å²) < 4.78 is 5.93. The summed E-state index contributed by atoms with van der Waals surface area (Å²) in [6.45, 7) is 9.20. The maximum Gasteiger partial charge on any atom is 0.124 e. The molecule has 2 aromatic rings. The highest BCUT2D eigenvalue weighted by atomic mass is 16.5. The molecule has 0 heterocycles. The van der Waals surface area contributed by atoms with Crippen LogP contribution in [-0.2, 0) is 12.0 Å². The highest BCUT2D eigenvalue weighted by Crippen LogP contribution is 2.25. The van der Waals surface area contributed by atoms with Crippen molar-refractivity contribution in [1.82, 2.24) is 0 Å². The van der Waals surface area contributed by atoms with E-state index in [-0.39, 0.29) is 11.5 Å². The fraction of sp³-hybridized carbons (Fsp3) is 0.368. The zero-order valence-electron chi connectivity index (χ0n) is 13.4. The zero-order chi connectivity index (χ0) is 15.5. The Hall–Kier alpha value is -1.80. The van der Waals surface area contributed by atoms with Gasteiger partial charge in [0.1, 0.15) is 12.4 Å². The molecular formula is C19H25NO. The van der Waals surface area contributed by atoms with Crippen LogP contribution in [0.3, 0.4) is 0 Å². The van der Waals surface area contributed by atoms with E-state index in [4.69, 9.17) is 10.5 Å². The molecule has 112 valence electrons. The summed E-state index contributed by atoms with van der Waals surface area (Å²) >= 11 is 0. The van der Waals surface area contributed by atoms with Crippen molar-refractivity contribution in [3.05, 3.63) is 65.2 Å². The molecule has 1 atom stereocenters. The minimum absolute atomic E-state index is 0.0236. The second kappa shape index (κ2) is 6.31. The molecule has 0 aliphatic rings. The van der Waals surface area contributed by atoms with Crippen molar-refractivity contribution in [1.29, 1.82) is 0 Å². The van der Waals surface area contributed by atoms with E-state index in [1.54, 1.807) is 0 Å². The van der Waals surface area contributed by atoms with Crippen LogP contribution in [0, 0.1) is 0 Å². The van der Waals surface area contributed by atoms with Crippen LogP contribution in [0.5, 0.6) is 5.75 Å². The largest absolute Gasteiger partial charge is 0.489 e. The second-order valence-corrected chi connectivity index (χ2v) is 6.56. The Kier molecular flexibility index (Phi) is 4.69. The molecule has 0 aromatic heterocycles. The van der Waals surface area contributed by atoms with Gasteiger partial charge in [0.2, 0.25) is 0 Å². The van der Waals surface area contributed by atoms with Crippen LogP contribution in [-0.4, -0.2) is 0 Å². The first-order valence-electron chi connectivity index (χ1n) is 7.44. The van der Waals surface area contributed by atoms with E-state index in [9.17, 15) is 0 Å². The minimum atomic E-state index is -0.0236. The van der Waals surface area contributed by atoms with Gasteiger partial charge in [0, 0.05) is 11.6 Å². The summed E-state index contributed by atoms with van der Waals surface area (Å²) in [6.07, 6.45) is 0. The van der Waals surface area contributed by atoms with Gasteiger partial charge in [-0.05, 0) is 29.5 Å². The SMILES string of the molecule is C[C@@H](N)c1ccccc1OCc1ccc(C(C)(C)C)cc1. The van der Waals surface area contributed by atoms with Gasteiger partial charge in [0.25, 0.3) is 0 Å². The Bertz CT molecular complexity index is 579. The van der Waals surface area contributed by atoms with Crippen LogP contribution in [0.15, 0.2) is 48.5 Å². The van der Waals surface area contributed by atoms with Gasteiger partial charge in [-0.3, -0.25) is 0 Å². The maximum atomic E-state index is 5.97. The Morgan fingerprint density at radius 3 is 2.19 bits per heavy atom. The average Bonchev–Trinajstić information content (AvgIpc) is 2.45. The molecule has 21 heavy (non-hydrogen) atoms. The predicted molar refractivity (Wildman–Crippen MR) is 88.5 cm³/mol. The summed E-state index contributed by atoms with van der Waals surface area (Å²) in [5.74, 6) is 0.868. The summed E-state index contributed by atoms with van der Waals surface area (Å²) in [5, 5.41) is 0. The zero-order valence-corrected chi connectivity index (χ0v) is 13.4. The molecule has 0 aliphatic heterocycles. The molecule has 0 fully saturated rings. The van der Waals surface area contributed by atoms with Gasteiger partial charge in [-0.2, -0.15) is 0 Å².